The molecule has 0 aliphatic heterocycles. The molecule has 0 saturated carbocycles. The van der Waals surface area contributed by atoms with Gasteiger partial charge in [0, 0.05) is 36.5 Å². The number of aromatic nitrogens is 1. The molecule has 0 spiro atoms. The molecule has 7 heteroatoms. The maximum atomic E-state index is 13.5. The summed E-state index contributed by atoms with van der Waals surface area (Å²) in [6.07, 6.45) is 0.993. The van der Waals surface area contributed by atoms with E-state index in [2.05, 4.69) is 17.1 Å². The number of rotatable bonds is 6. The van der Waals surface area contributed by atoms with E-state index in [-0.39, 0.29) is 24.8 Å². The third kappa shape index (κ3) is 3.79. The van der Waals surface area contributed by atoms with Crippen LogP contribution in [0.5, 0.6) is 0 Å². The number of likely N-dealkylation sites (N-methyl/N-ethyl adjacent to an activating group) is 1. The van der Waals surface area contributed by atoms with Crippen molar-refractivity contribution in [1.82, 2.24) is 9.88 Å². The second kappa shape index (κ2) is 8.67. The van der Waals surface area contributed by atoms with Crippen LogP contribution in [0.15, 0.2) is 72.9 Å². The zero-order valence-corrected chi connectivity index (χ0v) is 18.5. The number of halogens is 1. The van der Waals surface area contributed by atoms with Crippen molar-refractivity contribution < 1.29 is 23.8 Å². The minimum absolute atomic E-state index is 0.0572. The van der Waals surface area contributed by atoms with Gasteiger partial charge in [0.15, 0.2) is 0 Å². The van der Waals surface area contributed by atoms with Gasteiger partial charge in [-0.3, -0.25) is 4.90 Å². The highest BCUT2D eigenvalue weighted by Crippen LogP contribution is 2.44. The van der Waals surface area contributed by atoms with Crippen molar-refractivity contribution >= 4 is 23.0 Å². The number of carbonyl (C=O) groups is 2. The van der Waals surface area contributed by atoms with Crippen LogP contribution in [0.25, 0.3) is 22.0 Å². The number of hydrogen-bond donors (Lipinski definition) is 2. The summed E-state index contributed by atoms with van der Waals surface area (Å²) in [4.78, 5) is 29.0. The Kier molecular flexibility index (Phi) is 5.53. The fraction of sp³-hybridized carbons (Fsp3) is 0.185. The SMILES string of the molecule is CN(C(=O)OCC1c2ccccc2-c2ccccc21)[C@@H](Cc1c[nH]c2cc(F)ccc12)C(=O)O. The van der Waals surface area contributed by atoms with Crippen LogP contribution >= 0.6 is 0 Å². The number of fused-ring (bicyclic) bond motifs is 4. The summed E-state index contributed by atoms with van der Waals surface area (Å²) in [6.45, 7) is 0.107. The van der Waals surface area contributed by atoms with Crippen LogP contribution in [0.4, 0.5) is 9.18 Å². The molecular weight excluding hydrogens is 435 g/mol. The van der Waals surface area contributed by atoms with Gasteiger partial charge in [-0.05, 0) is 46.0 Å². The van der Waals surface area contributed by atoms with E-state index in [0.29, 0.717) is 16.5 Å². The maximum Gasteiger partial charge on any atom is 0.410 e. The second-order valence-electron chi connectivity index (χ2n) is 8.48. The van der Waals surface area contributed by atoms with E-state index in [1.165, 1.54) is 19.2 Å². The lowest BCUT2D eigenvalue weighted by Gasteiger charge is -2.25. The molecule has 5 rings (SSSR count). The van der Waals surface area contributed by atoms with Crippen LogP contribution in [-0.4, -0.2) is 46.7 Å². The first-order chi connectivity index (χ1) is 16.4. The van der Waals surface area contributed by atoms with Crippen molar-refractivity contribution in [2.24, 2.45) is 0 Å². The average Bonchev–Trinajstić information content (AvgIpc) is 3.38. The van der Waals surface area contributed by atoms with Crippen molar-refractivity contribution in [1.29, 1.82) is 0 Å². The first-order valence-corrected chi connectivity index (χ1v) is 11.0. The molecule has 4 aromatic rings. The van der Waals surface area contributed by atoms with Gasteiger partial charge in [0.1, 0.15) is 18.5 Å². The first-order valence-electron chi connectivity index (χ1n) is 11.0. The molecule has 2 N–H and O–H groups in total. The molecule has 0 bridgehead atoms. The fourth-order valence-corrected chi connectivity index (χ4v) is 4.75. The molecule has 172 valence electrons. The van der Waals surface area contributed by atoms with E-state index < -0.39 is 18.1 Å². The fourth-order valence-electron chi connectivity index (χ4n) is 4.75. The smallest absolute Gasteiger partial charge is 0.410 e. The Morgan fingerprint density at radius 1 is 1.06 bits per heavy atom. The van der Waals surface area contributed by atoms with Crippen molar-refractivity contribution in [3.05, 3.63) is 95.4 Å². The largest absolute Gasteiger partial charge is 0.480 e. The number of nitrogens with one attached hydrogen (secondary N) is 1. The lowest BCUT2D eigenvalue weighted by molar-refractivity contribution is -0.142. The zero-order chi connectivity index (χ0) is 23.8. The number of aromatic amines is 1. The van der Waals surface area contributed by atoms with Crippen LogP contribution < -0.4 is 0 Å². The van der Waals surface area contributed by atoms with Gasteiger partial charge in [-0.1, -0.05) is 48.5 Å². The molecule has 0 fully saturated rings. The van der Waals surface area contributed by atoms with Crippen molar-refractivity contribution in [2.75, 3.05) is 13.7 Å². The molecule has 0 unspecified atom stereocenters. The maximum absolute atomic E-state index is 13.5. The number of nitrogens with zero attached hydrogens (tertiary/aromatic N) is 1. The number of aliphatic carboxylic acids is 1. The van der Waals surface area contributed by atoms with E-state index in [1.54, 1.807) is 12.3 Å². The number of carboxylic acid groups (broad SMARTS) is 1. The number of carbonyl (C=O) groups excluding carboxylic acids is 1. The summed E-state index contributed by atoms with van der Waals surface area (Å²) in [5.74, 6) is -1.64. The number of ether oxygens (including phenoxy) is 1. The zero-order valence-electron chi connectivity index (χ0n) is 18.5. The number of amides is 1. The normalized spacial score (nSPS) is 13.4. The molecule has 1 aliphatic rings. The van der Waals surface area contributed by atoms with Crippen LogP contribution in [0, 0.1) is 5.82 Å². The van der Waals surface area contributed by atoms with Crippen LogP contribution in [-0.2, 0) is 16.0 Å². The molecule has 3 aromatic carbocycles. The number of carboxylic acids is 1. The average molecular weight is 458 g/mol. The molecule has 6 nitrogen and oxygen atoms in total. The van der Waals surface area contributed by atoms with Gasteiger partial charge in [-0.25, -0.2) is 14.0 Å². The quantitative estimate of drug-likeness (QED) is 0.417. The summed E-state index contributed by atoms with van der Waals surface area (Å²) >= 11 is 0. The summed E-state index contributed by atoms with van der Waals surface area (Å²) in [7, 11) is 1.42. The molecule has 0 radical (unpaired) electrons. The van der Waals surface area contributed by atoms with Gasteiger partial charge in [0.05, 0.1) is 0 Å². The van der Waals surface area contributed by atoms with E-state index in [1.807, 2.05) is 36.4 Å². The van der Waals surface area contributed by atoms with Gasteiger partial charge in [-0.15, -0.1) is 0 Å². The molecule has 1 amide bonds. The summed E-state index contributed by atoms with van der Waals surface area (Å²) < 4.78 is 19.1. The Balaban J connectivity index is 1.32. The number of benzene rings is 3. The molecule has 1 heterocycles. The summed E-state index contributed by atoms with van der Waals surface area (Å²) in [5, 5.41) is 10.5. The Hall–Kier alpha value is -4.13. The van der Waals surface area contributed by atoms with E-state index in [9.17, 15) is 19.1 Å². The Morgan fingerprint density at radius 2 is 1.71 bits per heavy atom. The van der Waals surface area contributed by atoms with Crippen molar-refractivity contribution in [2.45, 2.75) is 18.4 Å². The van der Waals surface area contributed by atoms with Crippen LogP contribution in [0.1, 0.15) is 22.6 Å². The van der Waals surface area contributed by atoms with Crippen LogP contribution in [0.3, 0.4) is 0 Å². The second-order valence-corrected chi connectivity index (χ2v) is 8.48. The molecule has 0 saturated heterocycles. The molecule has 1 aliphatic carbocycles. The minimum atomic E-state index is -1.15. The first kappa shape index (κ1) is 21.7. The third-order valence-corrected chi connectivity index (χ3v) is 6.52. The number of hydrogen-bond acceptors (Lipinski definition) is 3. The lowest BCUT2D eigenvalue weighted by atomic mass is 9.98. The summed E-state index contributed by atoms with van der Waals surface area (Å²) in [5.41, 5.74) is 5.65. The Labute approximate surface area is 195 Å². The lowest BCUT2D eigenvalue weighted by Crippen LogP contribution is -2.44. The monoisotopic (exact) mass is 458 g/mol. The molecule has 1 aromatic heterocycles. The van der Waals surface area contributed by atoms with Crippen molar-refractivity contribution in [3.63, 3.8) is 0 Å². The molecule has 34 heavy (non-hydrogen) atoms. The Bertz CT molecular complexity index is 1350. The molecule has 1 atom stereocenters. The van der Waals surface area contributed by atoms with Gasteiger partial charge in [0.2, 0.25) is 0 Å². The highest BCUT2D eigenvalue weighted by Gasteiger charge is 2.32. The highest BCUT2D eigenvalue weighted by molar-refractivity contribution is 5.86. The van der Waals surface area contributed by atoms with Crippen LogP contribution in [0.2, 0.25) is 0 Å². The van der Waals surface area contributed by atoms with E-state index >= 15 is 0 Å². The number of H-pyrrole nitrogens is 1. The predicted octanol–water partition coefficient (Wildman–Crippen LogP) is 5.18. The van der Waals surface area contributed by atoms with Gasteiger partial charge >= 0.3 is 12.1 Å². The van der Waals surface area contributed by atoms with Gasteiger partial charge < -0.3 is 14.8 Å². The van der Waals surface area contributed by atoms with Gasteiger partial charge in [-0.2, -0.15) is 0 Å². The topological polar surface area (TPSA) is 82.6 Å². The summed E-state index contributed by atoms with van der Waals surface area (Å²) in [6, 6.07) is 19.2. The van der Waals surface area contributed by atoms with Gasteiger partial charge in [0.25, 0.3) is 0 Å². The minimum Gasteiger partial charge on any atom is -0.480 e. The predicted molar refractivity (Wildman–Crippen MR) is 126 cm³/mol. The van der Waals surface area contributed by atoms with E-state index in [0.717, 1.165) is 27.2 Å². The highest BCUT2D eigenvalue weighted by atomic mass is 19.1. The van der Waals surface area contributed by atoms with Crippen molar-refractivity contribution in [3.8, 4) is 11.1 Å². The standard InChI is InChI=1S/C27H23FN2O4/c1-30(25(26(31)32)12-16-14-29-24-13-17(28)10-11-18(16)24)27(33)34-15-23-21-8-4-2-6-19(21)20-7-3-5-9-22(20)23/h2-11,13-14,23,25,29H,12,15H2,1H3,(H,31,32)/t25-/m0/s1. The van der Waals surface area contributed by atoms with E-state index in [4.69, 9.17) is 4.74 Å². The third-order valence-electron chi connectivity index (χ3n) is 6.52. The molecular formula is C27H23FN2O4. The Morgan fingerprint density at radius 3 is 2.35 bits per heavy atom.